The molecule has 124 valence electrons. The van der Waals surface area contributed by atoms with Gasteiger partial charge in [-0.25, -0.2) is 4.98 Å². The maximum Gasteiger partial charge on any atom is 0.418 e. The van der Waals surface area contributed by atoms with Crippen molar-refractivity contribution in [1.82, 2.24) is 14.9 Å². The van der Waals surface area contributed by atoms with Crippen molar-refractivity contribution in [2.24, 2.45) is 5.92 Å². The fourth-order valence-corrected chi connectivity index (χ4v) is 3.24. The smallest absolute Gasteiger partial charge is 0.313 e. The molecule has 0 radical (unpaired) electrons. The van der Waals surface area contributed by atoms with Crippen molar-refractivity contribution in [3.8, 4) is 0 Å². The van der Waals surface area contributed by atoms with Gasteiger partial charge in [0.05, 0.1) is 22.8 Å². The summed E-state index contributed by atoms with van der Waals surface area (Å²) >= 11 is 0. The molecule has 1 atom stereocenters. The molecule has 3 rings (SSSR count). The van der Waals surface area contributed by atoms with Gasteiger partial charge in [-0.05, 0) is 43.0 Å². The highest BCUT2D eigenvalue weighted by molar-refractivity contribution is 5.82. The standard InChI is InChI=1S/C16H18F3N3O/c1-10-3-2-4-22(7-10)8-11-5-12-14(20-9-21-15(12)23)13(6-11)16(17,18)19/h5-6,9-10H,2-4,7-8H2,1H3,(H,20,21,23). The fraction of sp³-hybridized carbons (Fsp3) is 0.500. The number of fused-ring (bicyclic) bond motifs is 1. The minimum atomic E-state index is -4.54. The summed E-state index contributed by atoms with van der Waals surface area (Å²) in [4.78, 5) is 20.1. The topological polar surface area (TPSA) is 49.0 Å². The number of likely N-dealkylation sites (tertiary alicyclic amines) is 1. The molecule has 7 heteroatoms. The maximum atomic E-state index is 13.3. The Bertz CT molecular complexity index is 769. The largest absolute Gasteiger partial charge is 0.418 e. The quantitative estimate of drug-likeness (QED) is 0.922. The predicted octanol–water partition coefficient (Wildman–Crippen LogP) is 3.17. The van der Waals surface area contributed by atoms with Crippen LogP contribution in [0.1, 0.15) is 30.9 Å². The van der Waals surface area contributed by atoms with Gasteiger partial charge in [0, 0.05) is 13.1 Å². The highest BCUT2D eigenvalue weighted by Crippen LogP contribution is 2.34. The zero-order valence-corrected chi connectivity index (χ0v) is 12.8. The van der Waals surface area contributed by atoms with Crippen molar-refractivity contribution in [2.45, 2.75) is 32.5 Å². The van der Waals surface area contributed by atoms with Gasteiger partial charge in [0.2, 0.25) is 0 Å². The molecule has 1 aromatic carbocycles. The molecule has 23 heavy (non-hydrogen) atoms. The van der Waals surface area contributed by atoms with Crippen LogP contribution in [0.15, 0.2) is 23.3 Å². The van der Waals surface area contributed by atoms with Crippen LogP contribution in [0.4, 0.5) is 13.2 Å². The van der Waals surface area contributed by atoms with Gasteiger partial charge in [0.1, 0.15) is 0 Å². The lowest BCUT2D eigenvalue weighted by Gasteiger charge is -2.31. The van der Waals surface area contributed by atoms with E-state index in [1.807, 2.05) is 0 Å². The number of hydrogen-bond donors (Lipinski definition) is 1. The second-order valence-electron chi connectivity index (χ2n) is 6.25. The first-order valence-corrected chi connectivity index (χ1v) is 7.64. The van der Waals surface area contributed by atoms with Gasteiger partial charge in [-0.1, -0.05) is 6.92 Å². The third-order valence-corrected chi connectivity index (χ3v) is 4.26. The first-order valence-electron chi connectivity index (χ1n) is 7.64. The fourth-order valence-electron chi connectivity index (χ4n) is 3.24. The van der Waals surface area contributed by atoms with Crippen molar-refractivity contribution in [3.05, 3.63) is 39.9 Å². The second kappa shape index (κ2) is 5.96. The zero-order valence-electron chi connectivity index (χ0n) is 12.8. The van der Waals surface area contributed by atoms with Crippen molar-refractivity contribution >= 4 is 10.9 Å². The maximum absolute atomic E-state index is 13.3. The summed E-state index contributed by atoms with van der Waals surface area (Å²) in [5.41, 5.74) is -1.19. The molecule has 1 saturated heterocycles. The van der Waals surface area contributed by atoms with Gasteiger partial charge in [-0.15, -0.1) is 0 Å². The van der Waals surface area contributed by atoms with Crippen LogP contribution in [0.25, 0.3) is 10.9 Å². The number of piperidine rings is 1. The van der Waals surface area contributed by atoms with Crippen LogP contribution in [0.2, 0.25) is 0 Å². The third-order valence-electron chi connectivity index (χ3n) is 4.26. The molecule has 1 aliphatic heterocycles. The lowest BCUT2D eigenvalue weighted by atomic mass is 9.99. The second-order valence-corrected chi connectivity index (χ2v) is 6.25. The van der Waals surface area contributed by atoms with E-state index < -0.39 is 17.3 Å². The number of halogens is 3. The number of aromatic nitrogens is 2. The molecule has 0 spiro atoms. The van der Waals surface area contributed by atoms with Gasteiger partial charge in [-0.3, -0.25) is 9.69 Å². The van der Waals surface area contributed by atoms with Crippen LogP contribution < -0.4 is 5.56 Å². The minimum absolute atomic E-state index is 0.0117. The minimum Gasteiger partial charge on any atom is -0.313 e. The number of hydrogen-bond acceptors (Lipinski definition) is 3. The molecular formula is C16H18F3N3O. The van der Waals surface area contributed by atoms with E-state index in [0.717, 1.165) is 38.3 Å². The van der Waals surface area contributed by atoms with Crippen LogP contribution in [0.3, 0.4) is 0 Å². The summed E-state index contributed by atoms with van der Waals surface area (Å²) in [6.07, 6.45) is -1.34. The van der Waals surface area contributed by atoms with Crippen molar-refractivity contribution in [3.63, 3.8) is 0 Å². The SMILES string of the molecule is CC1CCCN(Cc2cc(C(F)(F)F)c3nc[nH]c(=O)c3c2)C1. The van der Waals surface area contributed by atoms with Gasteiger partial charge >= 0.3 is 6.18 Å². The van der Waals surface area contributed by atoms with Crippen molar-refractivity contribution in [2.75, 3.05) is 13.1 Å². The molecule has 4 nitrogen and oxygen atoms in total. The number of rotatable bonds is 2. The monoisotopic (exact) mass is 325 g/mol. The van der Waals surface area contributed by atoms with Crippen LogP contribution in [-0.4, -0.2) is 28.0 Å². The number of nitrogens with zero attached hydrogens (tertiary/aromatic N) is 2. The Morgan fingerprint density at radius 1 is 1.39 bits per heavy atom. The number of nitrogens with one attached hydrogen (secondary N) is 1. The molecule has 1 N–H and O–H groups in total. The van der Waals surface area contributed by atoms with E-state index >= 15 is 0 Å². The Labute approximate surface area is 131 Å². The van der Waals surface area contributed by atoms with E-state index in [2.05, 4.69) is 21.8 Å². The summed E-state index contributed by atoms with van der Waals surface area (Å²) in [6, 6.07) is 2.64. The van der Waals surface area contributed by atoms with E-state index in [1.165, 1.54) is 6.07 Å². The lowest BCUT2D eigenvalue weighted by Crippen LogP contribution is -2.33. The lowest BCUT2D eigenvalue weighted by molar-refractivity contribution is -0.136. The first kappa shape index (κ1) is 16.0. The van der Waals surface area contributed by atoms with Gasteiger partial charge in [0.15, 0.2) is 0 Å². The van der Waals surface area contributed by atoms with E-state index in [1.54, 1.807) is 0 Å². The van der Waals surface area contributed by atoms with E-state index in [0.29, 0.717) is 18.0 Å². The molecular weight excluding hydrogens is 307 g/mol. The van der Waals surface area contributed by atoms with E-state index in [9.17, 15) is 18.0 Å². The number of aromatic amines is 1. The van der Waals surface area contributed by atoms with Crippen LogP contribution in [0, 0.1) is 5.92 Å². The first-order chi connectivity index (χ1) is 10.8. The summed E-state index contributed by atoms with van der Waals surface area (Å²) in [6.45, 7) is 4.29. The number of benzene rings is 1. The molecule has 0 aliphatic carbocycles. The average molecular weight is 325 g/mol. The molecule has 0 saturated carbocycles. The summed E-state index contributed by atoms with van der Waals surface area (Å²) in [5, 5.41) is -0.0117. The molecule has 2 aromatic rings. The molecule has 1 unspecified atom stereocenters. The van der Waals surface area contributed by atoms with Crippen LogP contribution in [0.5, 0.6) is 0 Å². The number of H-pyrrole nitrogens is 1. The number of alkyl halides is 3. The Kier molecular flexibility index (Phi) is 4.14. The highest BCUT2D eigenvalue weighted by Gasteiger charge is 2.34. The molecule has 1 aromatic heterocycles. The van der Waals surface area contributed by atoms with Crippen molar-refractivity contribution < 1.29 is 13.2 Å². The van der Waals surface area contributed by atoms with Crippen molar-refractivity contribution in [1.29, 1.82) is 0 Å². The summed E-state index contributed by atoms with van der Waals surface area (Å²) in [5.74, 6) is 0.538. The highest BCUT2D eigenvalue weighted by atomic mass is 19.4. The Hall–Kier alpha value is -1.89. The average Bonchev–Trinajstić information content (AvgIpc) is 2.46. The molecule has 1 aliphatic rings. The van der Waals surface area contributed by atoms with E-state index in [-0.39, 0.29) is 10.9 Å². The molecule has 0 amide bonds. The van der Waals surface area contributed by atoms with E-state index in [4.69, 9.17) is 0 Å². The van der Waals surface area contributed by atoms with Gasteiger partial charge < -0.3 is 4.98 Å². The van der Waals surface area contributed by atoms with Crippen LogP contribution in [-0.2, 0) is 12.7 Å². The summed E-state index contributed by atoms with van der Waals surface area (Å²) in [7, 11) is 0. The normalized spacial score (nSPS) is 20.1. The summed E-state index contributed by atoms with van der Waals surface area (Å²) < 4.78 is 39.9. The molecule has 1 fully saturated rings. The Balaban J connectivity index is 2.04. The Morgan fingerprint density at radius 3 is 2.87 bits per heavy atom. The zero-order chi connectivity index (χ0) is 16.6. The Morgan fingerprint density at radius 2 is 2.17 bits per heavy atom. The third kappa shape index (κ3) is 3.39. The van der Waals surface area contributed by atoms with Crippen LogP contribution >= 0.6 is 0 Å². The molecule has 0 bridgehead atoms. The van der Waals surface area contributed by atoms with Gasteiger partial charge in [0.25, 0.3) is 5.56 Å². The predicted molar refractivity (Wildman–Crippen MR) is 81.0 cm³/mol. The molecule has 2 heterocycles. The van der Waals surface area contributed by atoms with Gasteiger partial charge in [-0.2, -0.15) is 13.2 Å².